The van der Waals surface area contributed by atoms with Gasteiger partial charge in [0.25, 0.3) is 0 Å². The van der Waals surface area contributed by atoms with Crippen molar-refractivity contribution < 1.29 is 19.1 Å². The lowest BCUT2D eigenvalue weighted by atomic mass is 10.1. The Morgan fingerprint density at radius 2 is 1.73 bits per heavy atom. The minimum Gasteiger partial charge on any atom is -0.435 e. The van der Waals surface area contributed by atoms with Gasteiger partial charge in [-0.2, -0.15) is 0 Å². The van der Waals surface area contributed by atoms with Crippen molar-refractivity contribution >= 4 is 17.4 Å². The summed E-state index contributed by atoms with van der Waals surface area (Å²) in [5.41, 5.74) is 2.33. The molecule has 0 atom stereocenters. The molecule has 2 aromatic carbocycles. The first-order valence-electron chi connectivity index (χ1n) is 8.17. The zero-order valence-electron chi connectivity index (χ0n) is 14.2. The van der Waals surface area contributed by atoms with Gasteiger partial charge in [-0.3, -0.25) is 9.59 Å². The highest BCUT2D eigenvalue weighted by Gasteiger charge is 2.19. The summed E-state index contributed by atoms with van der Waals surface area (Å²) in [5.74, 6) is 0.317. The van der Waals surface area contributed by atoms with Crippen LogP contribution in [0.2, 0.25) is 0 Å². The van der Waals surface area contributed by atoms with Gasteiger partial charge in [-0.25, -0.2) is 4.98 Å². The molecular weight excluding hydrogens is 332 g/mol. The largest absolute Gasteiger partial charge is 0.435 e. The molecule has 0 saturated heterocycles. The number of nitrogens with zero attached hydrogens (tertiary/aromatic N) is 1. The van der Waals surface area contributed by atoms with E-state index in [4.69, 9.17) is 9.52 Å². The van der Waals surface area contributed by atoms with Gasteiger partial charge in [-0.05, 0) is 36.4 Å². The number of hydrogen-bond acceptors (Lipinski definition) is 5. The second kappa shape index (κ2) is 7.76. The number of aliphatic hydroxyl groups is 1. The summed E-state index contributed by atoms with van der Waals surface area (Å²) in [5, 5.41) is 11.5. The predicted octanol–water partition coefficient (Wildman–Crippen LogP) is 3.53. The Balaban J connectivity index is 1.92. The Labute approximate surface area is 150 Å². The van der Waals surface area contributed by atoms with Gasteiger partial charge in [-0.1, -0.05) is 18.2 Å². The van der Waals surface area contributed by atoms with Crippen LogP contribution in [0.1, 0.15) is 23.8 Å². The van der Waals surface area contributed by atoms with Crippen molar-refractivity contribution in [3.8, 4) is 22.8 Å². The third-order valence-electron chi connectivity index (χ3n) is 3.75. The highest BCUT2D eigenvalue weighted by Crippen LogP contribution is 2.30. The molecule has 6 nitrogen and oxygen atoms in total. The van der Waals surface area contributed by atoms with Gasteiger partial charge in [0.15, 0.2) is 17.2 Å². The summed E-state index contributed by atoms with van der Waals surface area (Å²) in [6.45, 7) is 1.24. The fraction of sp³-hybridized carbons (Fsp3) is 0.150. The van der Waals surface area contributed by atoms with Gasteiger partial charge in [0.2, 0.25) is 11.8 Å². The lowest BCUT2D eigenvalue weighted by molar-refractivity contribution is -0.116. The maximum atomic E-state index is 12.0. The van der Waals surface area contributed by atoms with E-state index in [1.54, 1.807) is 24.3 Å². The number of hydrogen-bond donors (Lipinski definition) is 2. The van der Waals surface area contributed by atoms with Gasteiger partial charge < -0.3 is 14.8 Å². The Kier molecular flexibility index (Phi) is 5.24. The standard InChI is InChI=1S/C20H18N2O4/c1-13(24)18-19(26-20(22-18)15-5-3-2-4-6-15)14-7-9-16(10-8-14)21-17(25)11-12-23/h2-10,23H,11-12H2,1H3,(H,21,25). The van der Waals surface area contributed by atoms with Crippen molar-refractivity contribution in [1.29, 1.82) is 0 Å². The molecule has 3 rings (SSSR count). The predicted molar refractivity (Wildman–Crippen MR) is 97.7 cm³/mol. The van der Waals surface area contributed by atoms with Crippen molar-refractivity contribution in [3.63, 3.8) is 0 Å². The molecule has 0 spiro atoms. The molecule has 132 valence electrons. The number of amides is 1. The van der Waals surface area contributed by atoms with Gasteiger partial charge in [0.05, 0.1) is 13.0 Å². The number of rotatable bonds is 6. The molecule has 3 aromatic rings. The highest BCUT2D eigenvalue weighted by molar-refractivity contribution is 5.98. The summed E-state index contributed by atoms with van der Waals surface area (Å²) < 4.78 is 5.86. The number of oxazole rings is 1. The Bertz CT molecular complexity index is 915. The highest BCUT2D eigenvalue weighted by atomic mass is 16.4. The number of carbonyl (C=O) groups excluding carboxylic acids is 2. The van der Waals surface area contributed by atoms with Crippen LogP contribution < -0.4 is 5.32 Å². The normalized spacial score (nSPS) is 10.5. The van der Waals surface area contributed by atoms with E-state index in [0.29, 0.717) is 22.9 Å². The summed E-state index contributed by atoms with van der Waals surface area (Å²) >= 11 is 0. The number of carbonyl (C=O) groups is 2. The van der Waals surface area contributed by atoms with Crippen LogP contribution in [0.5, 0.6) is 0 Å². The molecule has 2 N–H and O–H groups in total. The summed E-state index contributed by atoms with van der Waals surface area (Å²) in [6, 6.07) is 16.3. The molecule has 0 aliphatic carbocycles. The van der Waals surface area contributed by atoms with E-state index in [2.05, 4.69) is 10.3 Å². The van der Waals surface area contributed by atoms with Crippen LogP contribution in [0.15, 0.2) is 59.0 Å². The molecule has 0 unspecified atom stereocenters. The van der Waals surface area contributed by atoms with Gasteiger partial charge in [-0.15, -0.1) is 0 Å². The van der Waals surface area contributed by atoms with E-state index in [1.165, 1.54) is 6.92 Å². The Hall–Kier alpha value is -3.25. The van der Waals surface area contributed by atoms with Crippen LogP contribution in [-0.2, 0) is 4.79 Å². The van der Waals surface area contributed by atoms with Crippen molar-refractivity contribution in [2.75, 3.05) is 11.9 Å². The van der Waals surface area contributed by atoms with Crippen LogP contribution in [-0.4, -0.2) is 28.4 Å². The quantitative estimate of drug-likeness (QED) is 0.664. The first kappa shape index (κ1) is 17.6. The minimum atomic E-state index is -0.268. The average molecular weight is 350 g/mol. The van der Waals surface area contributed by atoms with Crippen LogP contribution in [0.4, 0.5) is 5.69 Å². The SMILES string of the molecule is CC(=O)c1nc(-c2ccccc2)oc1-c1ccc(NC(=O)CCO)cc1. The van der Waals surface area contributed by atoms with Crippen molar-refractivity contribution in [2.24, 2.45) is 0 Å². The summed E-state index contributed by atoms with van der Waals surface area (Å²) in [4.78, 5) is 27.8. The Morgan fingerprint density at radius 1 is 1.04 bits per heavy atom. The molecule has 0 radical (unpaired) electrons. The number of Topliss-reactive ketones (excluding diaryl/α,β-unsaturated/α-hetero) is 1. The first-order valence-corrected chi connectivity index (χ1v) is 8.17. The molecule has 1 heterocycles. The molecule has 0 aliphatic rings. The van der Waals surface area contributed by atoms with Gasteiger partial charge >= 0.3 is 0 Å². The van der Waals surface area contributed by atoms with E-state index in [9.17, 15) is 9.59 Å². The topological polar surface area (TPSA) is 92.4 Å². The van der Waals surface area contributed by atoms with Crippen LogP contribution in [0.3, 0.4) is 0 Å². The molecule has 0 aliphatic heterocycles. The first-order chi connectivity index (χ1) is 12.6. The third kappa shape index (κ3) is 3.87. The molecule has 0 bridgehead atoms. The van der Waals surface area contributed by atoms with E-state index in [1.807, 2.05) is 30.3 Å². The smallest absolute Gasteiger partial charge is 0.227 e. The van der Waals surface area contributed by atoms with E-state index in [0.717, 1.165) is 5.56 Å². The summed E-state index contributed by atoms with van der Waals surface area (Å²) in [6.07, 6.45) is 0.0405. The van der Waals surface area contributed by atoms with Crippen LogP contribution in [0, 0.1) is 0 Å². The van der Waals surface area contributed by atoms with E-state index < -0.39 is 0 Å². The second-order valence-corrected chi connectivity index (χ2v) is 5.72. The van der Waals surface area contributed by atoms with E-state index in [-0.39, 0.29) is 30.4 Å². The molecular formula is C20H18N2O4. The maximum Gasteiger partial charge on any atom is 0.227 e. The van der Waals surface area contributed by atoms with Gasteiger partial charge in [0.1, 0.15) is 0 Å². The number of aromatic nitrogens is 1. The minimum absolute atomic E-state index is 0.0405. The molecule has 0 fully saturated rings. The van der Waals surface area contributed by atoms with Crippen molar-refractivity contribution in [2.45, 2.75) is 13.3 Å². The lowest BCUT2D eigenvalue weighted by Crippen LogP contribution is -2.12. The van der Waals surface area contributed by atoms with Crippen molar-refractivity contribution in [3.05, 3.63) is 60.3 Å². The average Bonchev–Trinajstić information content (AvgIpc) is 3.09. The number of benzene rings is 2. The molecule has 1 aromatic heterocycles. The van der Waals surface area contributed by atoms with E-state index >= 15 is 0 Å². The number of anilines is 1. The monoisotopic (exact) mass is 350 g/mol. The number of aliphatic hydroxyl groups excluding tert-OH is 1. The van der Waals surface area contributed by atoms with Crippen LogP contribution in [0.25, 0.3) is 22.8 Å². The number of ketones is 1. The van der Waals surface area contributed by atoms with Gasteiger partial charge in [0, 0.05) is 23.7 Å². The zero-order valence-corrected chi connectivity index (χ0v) is 14.2. The zero-order chi connectivity index (χ0) is 18.5. The lowest BCUT2D eigenvalue weighted by Gasteiger charge is -2.05. The molecule has 1 amide bonds. The Morgan fingerprint density at radius 3 is 2.35 bits per heavy atom. The second-order valence-electron chi connectivity index (χ2n) is 5.72. The van der Waals surface area contributed by atoms with Crippen LogP contribution >= 0.6 is 0 Å². The fourth-order valence-electron chi connectivity index (χ4n) is 2.49. The molecule has 26 heavy (non-hydrogen) atoms. The number of nitrogens with one attached hydrogen (secondary N) is 1. The molecule has 6 heteroatoms. The summed E-state index contributed by atoms with van der Waals surface area (Å²) in [7, 11) is 0. The fourth-order valence-corrected chi connectivity index (χ4v) is 2.49. The molecule has 0 saturated carbocycles. The van der Waals surface area contributed by atoms with Crippen molar-refractivity contribution in [1.82, 2.24) is 4.98 Å². The maximum absolute atomic E-state index is 12.0. The third-order valence-corrected chi connectivity index (χ3v) is 3.75.